The van der Waals surface area contributed by atoms with Crippen LogP contribution in [0.3, 0.4) is 0 Å². The summed E-state index contributed by atoms with van der Waals surface area (Å²) in [6.07, 6.45) is 5.91. The minimum absolute atomic E-state index is 0.145. The first-order valence-corrected chi connectivity index (χ1v) is 12.1. The minimum atomic E-state index is -0.226. The molecule has 1 fully saturated rings. The van der Waals surface area contributed by atoms with E-state index in [4.69, 9.17) is 14.5 Å². The van der Waals surface area contributed by atoms with E-state index in [1.807, 2.05) is 39.1 Å². The first-order valence-electron chi connectivity index (χ1n) is 12.1. The Morgan fingerprint density at radius 2 is 1.79 bits per heavy atom. The monoisotopic (exact) mass is 453 g/mol. The van der Waals surface area contributed by atoms with E-state index in [2.05, 4.69) is 37.6 Å². The Hall–Kier alpha value is -2.63. The van der Waals surface area contributed by atoms with Gasteiger partial charge in [-0.2, -0.15) is 0 Å². The molecule has 0 saturated carbocycles. The number of pyridine rings is 2. The number of hydrogen-bond donors (Lipinski definition) is 0. The maximum atomic E-state index is 12.6. The van der Waals surface area contributed by atoms with Crippen LogP contribution < -0.4 is 9.64 Å². The molecule has 0 unspecified atom stereocenters. The Balaban J connectivity index is 2.00. The van der Waals surface area contributed by atoms with Crippen molar-refractivity contribution in [2.45, 2.75) is 73.8 Å². The van der Waals surface area contributed by atoms with Crippen LogP contribution in [-0.4, -0.2) is 41.7 Å². The van der Waals surface area contributed by atoms with E-state index >= 15 is 0 Å². The molecule has 3 rings (SSSR count). The first-order chi connectivity index (χ1) is 15.6. The van der Waals surface area contributed by atoms with Gasteiger partial charge >= 0.3 is 5.97 Å². The normalized spacial score (nSPS) is 15.7. The van der Waals surface area contributed by atoms with Gasteiger partial charge in [-0.25, -0.2) is 0 Å². The summed E-state index contributed by atoms with van der Waals surface area (Å²) < 4.78 is 11.3. The Bertz CT molecular complexity index is 942. The second-order valence-corrected chi connectivity index (χ2v) is 10.5. The van der Waals surface area contributed by atoms with Gasteiger partial charge in [0.15, 0.2) is 0 Å². The highest BCUT2D eigenvalue weighted by molar-refractivity contribution is 5.84. The van der Waals surface area contributed by atoms with Gasteiger partial charge in [-0.3, -0.25) is 14.8 Å². The Kier molecular flexibility index (Phi) is 7.98. The fourth-order valence-electron chi connectivity index (χ4n) is 4.07. The summed E-state index contributed by atoms with van der Waals surface area (Å²) in [7, 11) is 0. The van der Waals surface area contributed by atoms with Crippen LogP contribution in [0, 0.1) is 18.3 Å². The van der Waals surface area contributed by atoms with Crippen LogP contribution in [0.1, 0.15) is 65.6 Å². The van der Waals surface area contributed by atoms with Gasteiger partial charge < -0.3 is 14.4 Å². The number of piperidine rings is 1. The first kappa shape index (κ1) is 25.0. The van der Waals surface area contributed by atoms with Crippen molar-refractivity contribution in [3.8, 4) is 17.0 Å². The fraction of sp³-hybridized carbons (Fsp3) is 0.593. The molecule has 33 heavy (non-hydrogen) atoms. The van der Waals surface area contributed by atoms with Crippen LogP contribution in [0.15, 0.2) is 24.5 Å². The van der Waals surface area contributed by atoms with Crippen LogP contribution in [-0.2, 0) is 16.0 Å². The molecule has 6 heteroatoms. The molecule has 6 nitrogen and oxygen atoms in total. The fourth-order valence-corrected chi connectivity index (χ4v) is 4.07. The zero-order valence-electron chi connectivity index (χ0n) is 21.3. The molecule has 2 aromatic heterocycles. The van der Waals surface area contributed by atoms with Crippen molar-refractivity contribution in [3.63, 3.8) is 0 Å². The summed E-state index contributed by atoms with van der Waals surface area (Å²) in [5.41, 5.74) is 4.95. The number of nitrogens with zero attached hydrogens (tertiary/aromatic N) is 3. The molecule has 0 N–H and O–H groups in total. The third-order valence-electron chi connectivity index (χ3n) is 6.08. The summed E-state index contributed by atoms with van der Waals surface area (Å²) in [5, 5.41) is 0. The summed E-state index contributed by atoms with van der Waals surface area (Å²) >= 11 is 0. The van der Waals surface area contributed by atoms with E-state index in [1.54, 1.807) is 6.20 Å². The van der Waals surface area contributed by atoms with Crippen molar-refractivity contribution in [1.82, 2.24) is 9.97 Å². The van der Waals surface area contributed by atoms with Crippen molar-refractivity contribution >= 4 is 11.7 Å². The van der Waals surface area contributed by atoms with E-state index in [-0.39, 0.29) is 18.5 Å². The molecular formula is C27H39N3O3. The Morgan fingerprint density at radius 3 is 2.36 bits per heavy atom. The highest BCUT2D eigenvalue weighted by atomic mass is 16.5. The quantitative estimate of drug-likeness (QED) is 0.484. The van der Waals surface area contributed by atoms with Crippen LogP contribution in [0.2, 0.25) is 0 Å². The average molecular weight is 454 g/mol. The summed E-state index contributed by atoms with van der Waals surface area (Å²) in [6, 6.07) is 3.94. The predicted molar refractivity (Wildman–Crippen MR) is 133 cm³/mol. The van der Waals surface area contributed by atoms with Gasteiger partial charge in [0.2, 0.25) is 0 Å². The lowest BCUT2D eigenvalue weighted by molar-refractivity contribution is -0.146. The molecule has 1 aliphatic rings. The zero-order chi connectivity index (χ0) is 24.2. The second kappa shape index (κ2) is 10.5. The van der Waals surface area contributed by atoms with E-state index in [9.17, 15) is 4.79 Å². The summed E-state index contributed by atoms with van der Waals surface area (Å²) in [4.78, 5) is 24.4. The highest BCUT2D eigenvalue weighted by Gasteiger charge is 2.29. The van der Waals surface area contributed by atoms with E-state index in [1.165, 1.54) is 0 Å². The number of carbonyl (C=O) groups excluding carboxylic acids is 1. The molecule has 3 heterocycles. The highest BCUT2D eigenvalue weighted by Crippen LogP contribution is 2.39. The van der Waals surface area contributed by atoms with Crippen LogP contribution in [0.4, 0.5) is 5.69 Å². The second-order valence-electron chi connectivity index (χ2n) is 10.5. The van der Waals surface area contributed by atoms with Crippen molar-refractivity contribution in [2.24, 2.45) is 11.3 Å². The number of aromatic nitrogens is 2. The van der Waals surface area contributed by atoms with Gasteiger partial charge in [0, 0.05) is 36.1 Å². The van der Waals surface area contributed by atoms with Crippen molar-refractivity contribution in [3.05, 3.63) is 35.8 Å². The number of aryl methyl sites for hydroxylation is 1. The molecular weight excluding hydrogens is 414 g/mol. The number of anilines is 1. The molecule has 0 aliphatic carbocycles. The SMILES string of the molecule is Cc1ncc(-c2ccc(OCC(C)C)cn2)c(N2CCC(C)(C)CC2)c1CC(=O)OC(C)C. The molecule has 0 atom stereocenters. The van der Waals surface area contributed by atoms with E-state index in [0.29, 0.717) is 17.9 Å². The molecule has 1 saturated heterocycles. The van der Waals surface area contributed by atoms with Crippen molar-refractivity contribution < 1.29 is 14.3 Å². The number of ether oxygens (including phenoxy) is 2. The molecule has 0 radical (unpaired) electrons. The van der Waals surface area contributed by atoms with E-state index in [0.717, 1.165) is 59.9 Å². The van der Waals surface area contributed by atoms with E-state index < -0.39 is 0 Å². The summed E-state index contributed by atoms with van der Waals surface area (Å²) in [5.74, 6) is 0.986. The van der Waals surface area contributed by atoms with Gasteiger partial charge in [0.25, 0.3) is 0 Å². The smallest absolute Gasteiger partial charge is 0.310 e. The molecule has 0 aromatic carbocycles. The predicted octanol–water partition coefficient (Wildman–Crippen LogP) is 5.61. The zero-order valence-corrected chi connectivity index (χ0v) is 21.3. The Morgan fingerprint density at radius 1 is 1.09 bits per heavy atom. The third-order valence-corrected chi connectivity index (χ3v) is 6.08. The van der Waals surface area contributed by atoms with Crippen molar-refractivity contribution in [1.29, 1.82) is 0 Å². The number of esters is 1. The molecule has 0 amide bonds. The van der Waals surface area contributed by atoms with Gasteiger partial charge in [-0.15, -0.1) is 0 Å². The molecule has 1 aliphatic heterocycles. The molecule has 0 bridgehead atoms. The van der Waals surface area contributed by atoms with Gasteiger partial charge in [-0.05, 0) is 57.1 Å². The number of rotatable bonds is 8. The molecule has 2 aromatic rings. The van der Waals surface area contributed by atoms with Gasteiger partial charge in [0.1, 0.15) is 5.75 Å². The lowest BCUT2D eigenvalue weighted by Gasteiger charge is -2.40. The average Bonchev–Trinajstić information content (AvgIpc) is 2.74. The van der Waals surface area contributed by atoms with Crippen LogP contribution in [0.25, 0.3) is 11.3 Å². The van der Waals surface area contributed by atoms with Gasteiger partial charge in [-0.1, -0.05) is 27.7 Å². The Labute approximate surface area is 198 Å². The largest absolute Gasteiger partial charge is 0.492 e. The topological polar surface area (TPSA) is 64.6 Å². The summed E-state index contributed by atoms with van der Waals surface area (Å²) in [6.45, 7) is 17.1. The standard InChI is InChI=1S/C27H39N3O3/c1-18(2)17-32-21-8-9-24(29-15-21)23-16-28-20(5)22(14-25(31)33-19(3)4)26(23)30-12-10-27(6,7)11-13-30/h8-9,15-16,18-19H,10-14,17H2,1-7H3. The maximum Gasteiger partial charge on any atom is 0.310 e. The van der Waals surface area contributed by atoms with Crippen molar-refractivity contribution in [2.75, 3.05) is 24.6 Å². The third kappa shape index (κ3) is 6.68. The van der Waals surface area contributed by atoms with Crippen LogP contribution in [0.5, 0.6) is 5.75 Å². The lowest BCUT2D eigenvalue weighted by atomic mass is 9.82. The van der Waals surface area contributed by atoms with Crippen LogP contribution >= 0.6 is 0 Å². The molecule has 0 spiro atoms. The maximum absolute atomic E-state index is 12.6. The van der Waals surface area contributed by atoms with Gasteiger partial charge in [0.05, 0.1) is 36.7 Å². The number of carbonyl (C=O) groups is 1. The molecule has 180 valence electrons. The number of hydrogen-bond acceptors (Lipinski definition) is 6. The minimum Gasteiger partial charge on any atom is -0.492 e. The lowest BCUT2D eigenvalue weighted by Crippen LogP contribution is -2.38.